The van der Waals surface area contributed by atoms with Crippen molar-refractivity contribution in [3.8, 4) is 5.75 Å². The van der Waals surface area contributed by atoms with Crippen LogP contribution < -0.4 is 10.1 Å². The van der Waals surface area contributed by atoms with Gasteiger partial charge in [0.2, 0.25) is 0 Å². The van der Waals surface area contributed by atoms with Gasteiger partial charge < -0.3 is 15.2 Å². The highest BCUT2D eigenvalue weighted by Gasteiger charge is 2.29. The second-order valence-electron chi connectivity index (χ2n) is 9.83. The summed E-state index contributed by atoms with van der Waals surface area (Å²) in [6.45, 7) is 4.98. The monoisotopic (exact) mass is 515 g/mol. The summed E-state index contributed by atoms with van der Waals surface area (Å²) in [7, 11) is 0. The predicted octanol–water partition coefficient (Wildman–Crippen LogP) is 7.68. The van der Waals surface area contributed by atoms with Gasteiger partial charge in [-0.05, 0) is 79.3 Å². The number of para-hydroxylation sites is 1. The molecule has 0 saturated heterocycles. The summed E-state index contributed by atoms with van der Waals surface area (Å²) in [4.78, 5) is 11.7. The lowest BCUT2D eigenvalue weighted by atomic mass is 9.82. The molecule has 0 aliphatic carbocycles. The van der Waals surface area contributed by atoms with Crippen molar-refractivity contribution in [2.75, 3.05) is 6.54 Å². The molecule has 3 atom stereocenters. The molecule has 192 valence electrons. The minimum Gasteiger partial charge on any atom is -0.490 e. The molecular weight excluding hydrogens is 482 g/mol. The van der Waals surface area contributed by atoms with E-state index in [0.717, 1.165) is 48.2 Å². The first-order valence-electron chi connectivity index (χ1n) is 12.8. The van der Waals surface area contributed by atoms with E-state index < -0.39 is 5.97 Å². The van der Waals surface area contributed by atoms with Gasteiger partial charge in [-0.15, -0.1) is 12.4 Å². The molecule has 0 unspecified atom stereocenters. The van der Waals surface area contributed by atoms with Crippen molar-refractivity contribution < 1.29 is 14.6 Å². The van der Waals surface area contributed by atoms with Crippen LogP contribution in [0.15, 0.2) is 84.9 Å². The fourth-order valence-electron chi connectivity index (χ4n) is 5.46. The molecule has 4 aromatic rings. The Hall–Kier alpha value is -3.34. The highest BCUT2D eigenvalue weighted by molar-refractivity contribution is 5.89. The molecule has 0 amide bonds. The minimum absolute atomic E-state index is 0. The molecule has 0 fully saturated rings. The molecule has 4 aromatic carbocycles. The van der Waals surface area contributed by atoms with Gasteiger partial charge in [-0.25, -0.2) is 4.79 Å². The molecule has 5 rings (SSSR count). The third kappa shape index (κ3) is 5.82. The lowest BCUT2D eigenvalue weighted by Crippen LogP contribution is -2.28. The largest absolute Gasteiger partial charge is 0.490 e. The lowest BCUT2D eigenvalue weighted by molar-refractivity contribution is 0.0696. The second kappa shape index (κ2) is 11.8. The Balaban J connectivity index is 0.00000320. The number of aryl methyl sites for hydroxylation is 1. The normalized spacial score (nSPS) is 17.4. The van der Waals surface area contributed by atoms with Crippen LogP contribution in [0.5, 0.6) is 5.75 Å². The van der Waals surface area contributed by atoms with Crippen molar-refractivity contribution in [3.05, 3.63) is 113 Å². The van der Waals surface area contributed by atoms with Crippen LogP contribution in [0, 0.1) is 6.92 Å². The van der Waals surface area contributed by atoms with Gasteiger partial charge in [-0.2, -0.15) is 0 Å². The number of benzene rings is 4. The quantitative estimate of drug-likeness (QED) is 0.236. The second-order valence-corrected chi connectivity index (χ2v) is 9.83. The highest BCUT2D eigenvalue weighted by Crippen LogP contribution is 2.41. The van der Waals surface area contributed by atoms with Crippen molar-refractivity contribution in [1.29, 1.82) is 0 Å². The zero-order valence-corrected chi connectivity index (χ0v) is 22.1. The summed E-state index contributed by atoms with van der Waals surface area (Å²) in [6, 6.07) is 29.3. The molecule has 0 spiro atoms. The van der Waals surface area contributed by atoms with Crippen LogP contribution in [0.3, 0.4) is 0 Å². The van der Waals surface area contributed by atoms with E-state index in [9.17, 15) is 9.90 Å². The van der Waals surface area contributed by atoms with Crippen LogP contribution in [0.2, 0.25) is 0 Å². The Morgan fingerprint density at radius 3 is 2.62 bits per heavy atom. The maximum atomic E-state index is 11.7. The van der Waals surface area contributed by atoms with Crippen molar-refractivity contribution >= 4 is 29.1 Å². The topological polar surface area (TPSA) is 58.6 Å². The van der Waals surface area contributed by atoms with Crippen molar-refractivity contribution in [2.24, 2.45) is 0 Å². The molecule has 4 nitrogen and oxygen atoms in total. The number of ether oxygens (including phenoxy) is 1. The first kappa shape index (κ1) is 26.7. The van der Waals surface area contributed by atoms with Gasteiger partial charge in [0.05, 0.1) is 11.7 Å². The molecule has 1 aliphatic rings. The van der Waals surface area contributed by atoms with Crippen LogP contribution >= 0.6 is 12.4 Å². The Morgan fingerprint density at radius 2 is 1.78 bits per heavy atom. The first-order valence-corrected chi connectivity index (χ1v) is 12.8. The highest BCUT2D eigenvalue weighted by atomic mass is 35.5. The minimum atomic E-state index is -0.877. The smallest absolute Gasteiger partial charge is 0.335 e. The number of hydrogen-bond donors (Lipinski definition) is 2. The average molecular weight is 516 g/mol. The molecular formula is C32H34ClNO3. The average Bonchev–Trinajstić information content (AvgIpc) is 2.90. The Labute approximate surface area is 225 Å². The van der Waals surface area contributed by atoms with Gasteiger partial charge in [0.15, 0.2) is 0 Å². The summed E-state index contributed by atoms with van der Waals surface area (Å²) < 4.78 is 6.39. The molecule has 5 heteroatoms. The van der Waals surface area contributed by atoms with Gasteiger partial charge in [0.1, 0.15) is 5.75 Å². The number of hydrogen-bond acceptors (Lipinski definition) is 3. The Morgan fingerprint density at radius 1 is 1.03 bits per heavy atom. The molecule has 1 heterocycles. The van der Waals surface area contributed by atoms with Crippen LogP contribution in [0.4, 0.5) is 0 Å². The van der Waals surface area contributed by atoms with Crippen molar-refractivity contribution in [1.82, 2.24) is 5.32 Å². The van der Waals surface area contributed by atoms with Gasteiger partial charge >= 0.3 is 5.97 Å². The summed E-state index contributed by atoms with van der Waals surface area (Å²) in [5.41, 5.74) is 4.66. The third-order valence-corrected chi connectivity index (χ3v) is 7.42. The summed E-state index contributed by atoms with van der Waals surface area (Å²) in [6.07, 6.45) is 2.88. The van der Waals surface area contributed by atoms with E-state index in [2.05, 4.69) is 66.8 Å². The summed E-state index contributed by atoms with van der Waals surface area (Å²) >= 11 is 0. The number of carboxylic acid groups (broad SMARTS) is 1. The van der Waals surface area contributed by atoms with E-state index >= 15 is 0 Å². The molecule has 0 radical (unpaired) electrons. The van der Waals surface area contributed by atoms with Crippen LogP contribution in [-0.2, 0) is 0 Å². The van der Waals surface area contributed by atoms with Crippen LogP contribution in [0.1, 0.15) is 70.8 Å². The fraction of sp³-hybridized carbons (Fsp3) is 0.281. The van der Waals surface area contributed by atoms with Crippen LogP contribution in [-0.4, -0.2) is 23.7 Å². The fourth-order valence-corrected chi connectivity index (χ4v) is 5.46. The number of carboxylic acids is 1. The van der Waals surface area contributed by atoms with Gasteiger partial charge in [-0.1, -0.05) is 72.8 Å². The summed E-state index contributed by atoms with van der Waals surface area (Å²) in [5.74, 6) is 0.159. The van der Waals surface area contributed by atoms with E-state index in [4.69, 9.17) is 4.74 Å². The number of carbonyl (C=O) groups is 1. The number of fused-ring (bicyclic) bond motifs is 2. The van der Waals surface area contributed by atoms with Gasteiger partial charge in [-0.3, -0.25) is 0 Å². The molecule has 0 aromatic heterocycles. The Kier molecular flexibility index (Phi) is 8.52. The number of nitrogens with one attached hydrogen (secondary N) is 1. The number of halogens is 1. The predicted molar refractivity (Wildman–Crippen MR) is 152 cm³/mol. The van der Waals surface area contributed by atoms with Crippen molar-refractivity contribution in [2.45, 2.75) is 51.2 Å². The SMILES string of the molecule is Cc1ccc([C@H]2C[C@@H](CCCN[C@H](C)c3cccc4ccccc34)Oc3ccccc32)cc1C(=O)O.Cl. The zero-order valence-electron chi connectivity index (χ0n) is 21.3. The van der Waals surface area contributed by atoms with Gasteiger partial charge in [0.25, 0.3) is 0 Å². The lowest BCUT2D eigenvalue weighted by Gasteiger charge is -2.33. The summed E-state index contributed by atoms with van der Waals surface area (Å²) in [5, 5.41) is 15.9. The van der Waals surface area contributed by atoms with Crippen molar-refractivity contribution in [3.63, 3.8) is 0 Å². The number of rotatable bonds is 8. The molecule has 2 N–H and O–H groups in total. The first-order chi connectivity index (χ1) is 17.5. The maximum absolute atomic E-state index is 11.7. The zero-order chi connectivity index (χ0) is 25.1. The van der Waals surface area contributed by atoms with E-state index in [1.165, 1.54) is 16.3 Å². The van der Waals surface area contributed by atoms with Crippen LogP contribution in [0.25, 0.3) is 10.8 Å². The number of aromatic carboxylic acids is 1. The third-order valence-electron chi connectivity index (χ3n) is 7.42. The van der Waals surface area contributed by atoms with E-state index in [1.807, 2.05) is 37.3 Å². The van der Waals surface area contributed by atoms with E-state index in [0.29, 0.717) is 5.56 Å². The molecule has 1 aliphatic heterocycles. The van der Waals surface area contributed by atoms with E-state index in [-0.39, 0.29) is 30.5 Å². The molecule has 0 saturated carbocycles. The van der Waals surface area contributed by atoms with E-state index in [1.54, 1.807) is 0 Å². The Bertz CT molecular complexity index is 1380. The van der Waals surface area contributed by atoms with Gasteiger partial charge in [0, 0.05) is 17.5 Å². The molecule has 37 heavy (non-hydrogen) atoms. The standard InChI is InChI=1S/C32H33NO3.ClH/c1-21-16-17-24(19-29(21)32(34)35)30-20-25(36-31-15-6-5-13-28(30)31)11-8-18-33-22(2)26-14-7-10-23-9-3-4-12-27(23)26;/h3-7,9-10,12-17,19,22,25,30,33H,8,11,18,20H2,1-2H3,(H,34,35);1H/t22-,25-,30-;/m1./s1. The maximum Gasteiger partial charge on any atom is 0.335 e. The molecule has 0 bridgehead atoms.